The van der Waals surface area contributed by atoms with E-state index in [0.29, 0.717) is 12.2 Å². The molecule has 1 amide bonds. The summed E-state index contributed by atoms with van der Waals surface area (Å²) < 4.78 is 7.23. The number of ether oxygens (including phenoxy) is 1. The number of carbonyl (C=O) groups is 1. The van der Waals surface area contributed by atoms with E-state index in [-0.39, 0.29) is 18.4 Å². The van der Waals surface area contributed by atoms with Crippen LogP contribution in [0.4, 0.5) is 5.82 Å². The molecule has 1 aliphatic rings. The molecule has 3 aromatic rings. The molecule has 0 radical (unpaired) electrons. The van der Waals surface area contributed by atoms with E-state index in [1.54, 1.807) is 4.68 Å². The van der Waals surface area contributed by atoms with Crippen molar-refractivity contribution in [3.8, 4) is 23.8 Å². The van der Waals surface area contributed by atoms with Gasteiger partial charge in [-0.3, -0.25) is 4.79 Å². The molecule has 0 spiro atoms. The molecule has 28 heavy (non-hydrogen) atoms. The second-order valence-corrected chi connectivity index (χ2v) is 6.75. The number of hydrogen-bond acceptors (Lipinski definition) is 3. The molecular weight excluding hydrogens is 350 g/mol. The van der Waals surface area contributed by atoms with Gasteiger partial charge >= 0.3 is 0 Å². The molecule has 1 atom stereocenters. The van der Waals surface area contributed by atoms with Crippen LogP contribution in [0, 0.1) is 12.3 Å². The summed E-state index contributed by atoms with van der Waals surface area (Å²) in [6.45, 7) is 2.36. The molecule has 1 aliphatic heterocycles. The number of benzene rings is 2. The lowest BCUT2D eigenvalue weighted by Gasteiger charge is -2.24. The standard InChI is InChI=1S/C23H21N3O2/c1-3-13-28-19-11-7-17(8-12-19)20-14-22(27)25-23-21(20)15-24-26(23)18-9-5-16(4-2)6-10-18/h1,5-12,15,20H,4,13-14H2,2H3,(H,25,27). The van der Waals surface area contributed by atoms with Gasteiger partial charge in [-0.2, -0.15) is 5.10 Å². The summed E-state index contributed by atoms with van der Waals surface area (Å²) in [4.78, 5) is 12.4. The van der Waals surface area contributed by atoms with Crippen LogP contribution >= 0.6 is 0 Å². The Kier molecular flexibility index (Phi) is 4.86. The van der Waals surface area contributed by atoms with Crippen molar-refractivity contribution in [1.82, 2.24) is 9.78 Å². The lowest BCUT2D eigenvalue weighted by molar-refractivity contribution is -0.116. The number of nitrogens with zero attached hydrogens (tertiary/aromatic N) is 2. The van der Waals surface area contributed by atoms with E-state index in [2.05, 4.69) is 35.4 Å². The number of anilines is 1. The van der Waals surface area contributed by atoms with Gasteiger partial charge in [-0.15, -0.1) is 6.42 Å². The number of hydrogen-bond donors (Lipinski definition) is 1. The van der Waals surface area contributed by atoms with Crippen molar-refractivity contribution in [2.24, 2.45) is 0 Å². The highest BCUT2D eigenvalue weighted by Crippen LogP contribution is 2.38. The SMILES string of the molecule is C#CCOc1ccc(C2CC(=O)Nc3c2cnn3-c2ccc(CC)cc2)cc1. The van der Waals surface area contributed by atoms with Crippen LogP contribution < -0.4 is 10.1 Å². The van der Waals surface area contributed by atoms with Crippen LogP contribution in [-0.2, 0) is 11.2 Å². The van der Waals surface area contributed by atoms with Crippen LogP contribution in [0.25, 0.3) is 5.69 Å². The molecule has 4 rings (SSSR count). The molecule has 2 heterocycles. The van der Waals surface area contributed by atoms with E-state index in [1.807, 2.05) is 42.6 Å². The highest BCUT2D eigenvalue weighted by molar-refractivity contribution is 5.94. The maximum atomic E-state index is 12.4. The Morgan fingerprint density at radius 1 is 1.21 bits per heavy atom. The summed E-state index contributed by atoms with van der Waals surface area (Å²) in [5.74, 6) is 3.84. The highest BCUT2D eigenvalue weighted by atomic mass is 16.5. The van der Waals surface area contributed by atoms with Crippen LogP contribution in [0.3, 0.4) is 0 Å². The Morgan fingerprint density at radius 3 is 2.64 bits per heavy atom. The van der Waals surface area contributed by atoms with Crippen molar-refractivity contribution < 1.29 is 9.53 Å². The second kappa shape index (κ2) is 7.61. The van der Waals surface area contributed by atoms with Gasteiger partial charge in [0.15, 0.2) is 0 Å². The van der Waals surface area contributed by atoms with E-state index in [0.717, 1.165) is 29.1 Å². The highest BCUT2D eigenvalue weighted by Gasteiger charge is 2.30. The van der Waals surface area contributed by atoms with Crippen molar-refractivity contribution in [3.63, 3.8) is 0 Å². The maximum Gasteiger partial charge on any atom is 0.226 e. The minimum absolute atomic E-state index is 0.0166. The number of rotatable bonds is 5. The van der Waals surface area contributed by atoms with Crippen molar-refractivity contribution in [1.29, 1.82) is 0 Å². The Labute approximate surface area is 164 Å². The van der Waals surface area contributed by atoms with Gasteiger partial charge in [0.1, 0.15) is 18.2 Å². The third kappa shape index (κ3) is 3.37. The average Bonchev–Trinajstić information content (AvgIpc) is 3.16. The largest absolute Gasteiger partial charge is 0.481 e. The first-order valence-electron chi connectivity index (χ1n) is 9.33. The fourth-order valence-corrected chi connectivity index (χ4v) is 3.51. The molecule has 140 valence electrons. The number of terminal acetylenes is 1. The number of amides is 1. The quantitative estimate of drug-likeness (QED) is 0.692. The molecule has 1 aromatic heterocycles. The summed E-state index contributed by atoms with van der Waals surface area (Å²) in [5.41, 5.74) is 4.25. The third-order valence-corrected chi connectivity index (χ3v) is 5.01. The first kappa shape index (κ1) is 17.9. The predicted octanol–water partition coefficient (Wildman–Crippen LogP) is 3.92. The number of aromatic nitrogens is 2. The van der Waals surface area contributed by atoms with Gasteiger partial charge in [0.05, 0.1) is 11.9 Å². The number of aryl methyl sites for hydroxylation is 1. The van der Waals surface area contributed by atoms with E-state index in [9.17, 15) is 4.79 Å². The van der Waals surface area contributed by atoms with Crippen molar-refractivity contribution in [2.75, 3.05) is 11.9 Å². The van der Waals surface area contributed by atoms with Crippen molar-refractivity contribution in [2.45, 2.75) is 25.7 Å². The van der Waals surface area contributed by atoms with E-state index >= 15 is 0 Å². The number of fused-ring (bicyclic) bond motifs is 1. The summed E-state index contributed by atoms with van der Waals surface area (Å²) in [6, 6.07) is 15.9. The van der Waals surface area contributed by atoms with Crippen LogP contribution in [0.1, 0.15) is 36.0 Å². The van der Waals surface area contributed by atoms with Gasteiger partial charge in [-0.1, -0.05) is 37.1 Å². The average molecular weight is 371 g/mol. The fraction of sp³-hybridized carbons (Fsp3) is 0.217. The first-order chi connectivity index (χ1) is 13.7. The topological polar surface area (TPSA) is 56.1 Å². The molecule has 5 nitrogen and oxygen atoms in total. The molecule has 0 saturated carbocycles. The minimum atomic E-state index is -0.0471. The van der Waals surface area contributed by atoms with Crippen molar-refractivity contribution >= 4 is 11.7 Å². The summed E-state index contributed by atoms with van der Waals surface area (Å²) in [6.07, 6.45) is 8.44. The molecule has 1 N–H and O–H groups in total. The molecule has 0 bridgehead atoms. The smallest absolute Gasteiger partial charge is 0.226 e. The van der Waals surface area contributed by atoms with Crippen LogP contribution in [0.2, 0.25) is 0 Å². The monoisotopic (exact) mass is 371 g/mol. The molecule has 1 unspecified atom stereocenters. The summed E-state index contributed by atoms with van der Waals surface area (Å²) in [7, 11) is 0. The van der Waals surface area contributed by atoms with Gasteiger partial charge in [0.2, 0.25) is 5.91 Å². The zero-order valence-electron chi connectivity index (χ0n) is 15.7. The fourth-order valence-electron chi connectivity index (χ4n) is 3.51. The predicted molar refractivity (Wildman–Crippen MR) is 109 cm³/mol. The number of carbonyl (C=O) groups excluding carboxylic acids is 1. The second-order valence-electron chi connectivity index (χ2n) is 6.75. The van der Waals surface area contributed by atoms with Crippen LogP contribution in [0.15, 0.2) is 54.7 Å². The van der Waals surface area contributed by atoms with Crippen LogP contribution in [0.5, 0.6) is 5.75 Å². The number of nitrogens with one attached hydrogen (secondary N) is 1. The zero-order chi connectivity index (χ0) is 19.5. The third-order valence-electron chi connectivity index (χ3n) is 5.01. The van der Waals surface area contributed by atoms with Gasteiger partial charge in [-0.05, 0) is 41.8 Å². The van der Waals surface area contributed by atoms with Gasteiger partial charge in [0, 0.05) is 17.9 Å². The first-order valence-corrected chi connectivity index (χ1v) is 9.33. The molecule has 5 heteroatoms. The van der Waals surface area contributed by atoms with Crippen LogP contribution in [-0.4, -0.2) is 22.3 Å². The minimum Gasteiger partial charge on any atom is -0.481 e. The Bertz CT molecular complexity index is 1030. The molecular formula is C23H21N3O2. The van der Waals surface area contributed by atoms with Gasteiger partial charge in [0.25, 0.3) is 0 Å². The van der Waals surface area contributed by atoms with Gasteiger partial charge < -0.3 is 10.1 Å². The van der Waals surface area contributed by atoms with Crippen molar-refractivity contribution in [3.05, 3.63) is 71.4 Å². The normalized spacial score (nSPS) is 15.4. The molecule has 0 fully saturated rings. The Hall–Kier alpha value is -3.52. The summed E-state index contributed by atoms with van der Waals surface area (Å²) in [5, 5.41) is 7.54. The summed E-state index contributed by atoms with van der Waals surface area (Å²) >= 11 is 0. The molecule has 2 aromatic carbocycles. The van der Waals surface area contributed by atoms with E-state index < -0.39 is 0 Å². The zero-order valence-corrected chi connectivity index (χ0v) is 15.7. The Balaban J connectivity index is 1.67. The van der Waals surface area contributed by atoms with E-state index in [4.69, 9.17) is 11.2 Å². The Morgan fingerprint density at radius 2 is 1.96 bits per heavy atom. The molecule has 0 saturated heterocycles. The van der Waals surface area contributed by atoms with Gasteiger partial charge in [-0.25, -0.2) is 4.68 Å². The molecule has 0 aliphatic carbocycles. The lowest BCUT2D eigenvalue weighted by Crippen LogP contribution is -2.24. The maximum absolute atomic E-state index is 12.4. The van der Waals surface area contributed by atoms with E-state index in [1.165, 1.54) is 5.56 Å². The lowest BCUT2D eigenvalue weighted by atomic mass is 9.87.